The Hall–Kier alpha value is -13.0. The van der Waals surface area contributed by atoms with Gasteiger partial charge >= 0.3 is 63.2 Å². The molecule has 0 amide bonds. The van der Waals surface area contributed by atoms with Crippen LogP contribution in [0.15, 0.2) is 345 Å². The second-order valence-electron chi connectivity index (χ2n) is 32.4. The molecule has 18 aromatic rings. The quantitative estimate of drug-likeness (QED) is 0.113. The van der Waals surface area contributed by atoms with Crippen LogP contribution >= 0.6 is 0 Å². The van der Waals surface area contributed by atoms with E-state index in [1.54, 1.807) is 0 Å². The van der Waals surface area contributed by atoms with Crippen molar-refractivity contribution in [3.63, 3.8) is 0 Å². The third kappa shape index (κ3) is 22.4. The van der Waals surface area contributed by atoms with Crippen LogP contribution in [0.1, 0.15) is 64.2 Å². The van der Waals surface area contributed by atoms with E-state index in [2.05, 4.69) is 396 Å². The van der Waals surface area contributed by atoms with Crippen LogP contribution in [0, 0.1) is 70.3 Å². The molecule has 0 unspecified atom stereocenters. The van der Waals surface area contributed by atoms with Crippen LogP contribution < -0.4 is 39.8 Å². The van der Waals surface area contributed by atoms with Gasteiger partial charge in [-0.25, -0.2) is 5.69 Å². The van der Waals surface area contributed by atoms with Crippen molar-refractivity contribution in [1.82, 2.24) is 45.5 Å². The normalized spacial score (nSPS) is 12.3. The van der Waals surface area contributed by atoms with Crippen LogP contribution in [0.5, 0.6) is 0 Å². The van der Waals surface area contributed by atoms with Gasteiger partial charge in [-0.05, 0) is 110 Å². The van der Waals surface area contributed by atoms with Crippen molar-refractivity contribution in [3.8, 4) is 89.7 Å². The summed E-state index contributed by atoms with van der Waals surface area (Å²) >= 11 is 0. The second kappa shape index (κ2) is 41.9. The maximum absolute atomic E-state index is 5.99. The first kappa shape index (κ1) is 91.7. The predicted molar refractivity (Wildman–Crippen MR) is 504 cm³/mol. The number of para-hydroxylation sites is 5. The summed E-state index contributed by atoms with van der Waals surface area (Å²) in [6, 6.07) is 130. The van der Waals surface area contributed by atoms with Crippen molar-refractivity contribution < 1.29 is 67.6 Å². The first-order valence-electron chi connectivity index (χ1n) is 41.1. The molecule has 21 rings (SSSR count). The Labute approximate surface area is 789 Å². The number of hydrogen-bond donors (Lipinski definition) is 0. The maximum Gasteiger partial charge on any atom is 4.00 e. The van der Waals surface area contributed by atoms with Crippen molar-refractivity contribution in [1.29, 1.82) is 0 Å². The molecule has 0 bridgehead atoms. The molecule has 0 spiro atoms. The van der Waals surface area contributed by atoms with E-state index in [-0.39, 0.29) is 74.0 Å². The number of nitrogens with zero attached hydrogens (tertiary/aromatic N) is 14. The molecule has 3 aliphatic heterocycles. The van der Waals surface area contributed by atoms with E-state index in [0.717, 1.165) is 84.0 Å². The summed E-state index contributed by atoms with van der Waals surface area (Å²) < 4.78 is 5.99. The van der Waals surface area contributed by atoms with Crippen LogP contribution in [0.25, 0.3) is 112 Å². The van der Waals surface area contributed by atoms with Crippen molar-refractivity contribution in [2.24, 2.45) is 0 Å². The van der Waals surface area contributed by atoms with Gasteiger partial charge in [-0.1, -0.05) is 235 Å². The number of anilines is 7. The van der Waals surface area contributed by atoms with Crippen LogP contribution in [-0.4, -0.2) is 51.3 Å². The molecule has 3 aliphatic rings. The Morgan fingerprint density at radius 1 is 0.362 bits per heavy atom. The van der Waals surface area contributed by atoms with E-state index in [0.29, 0.717) is 11.6 Å². The predicted octanol–water partition coefficient (Wildman–Crippen LogP) is 25.0. The van der Waals surface area contributed by atoms with Gasteiger partial charge in [0.25, 0.3) is 0 Å². The number of rotatable bonds is 11. The minimum atomic E-state index is -0.0604. The van der Waals surface area contributed by atoms with Gasteiger partial charge < -0.3 is 64.2 Å². The Morgan fingerprint density at radius 3 is 1.33 bits per heavy atom. The van der Waals surface area contributed by atoms with E-state index in [1.807, 2.05) is 141 Å². The molecule has 0 saturated heterocycles. The molecule has 634 valence electrons. The van der Waals surface area contributed by atoms with E-state index in [4.69, 9.17) is 4.42 Å². The fourth-order valence-corrected chi connectivity index (χ4v) is 14.5. The molecule has 0 atom stereocenters. The van der Waals surface area contributed by atoms with Gasteiger partial charge in [0.05, 0.1) is 0 Å². The van der Waals surface area contributed by atoms with Gasteiger partial charge in [-0.3, -0.25) is 10.2 Å². The first-order valence-corrected chi connectivity index (χ1v) is 41.1. The first-order chi connectivity index (χ1) is 60.3. The standard InChI is InChI=1S/2C26H20N2.C22H16N2O.C13H15N3.C12H13N3.C10H8N2.3Pt/c2*1-27-19-28(26-10-6-5-9-25(26)27)24-17-15-23(16-18-24)22-13-11-21(12-14-22)20-7-3-2-4-8-20;1-23-12-13-24(15-23)18-9-6-16(7-10-18)17-8-11-20-19-4-2-3-5-21(19)25-22(20)14-17;1-9-6-5-7-10(8-9)11-14-12(16-15-11)13(2,3)4;1-12(2,3)10-6-4-5-9(7-10)11-13-8-14-15-11;1-8-7-10(12-11-8)9-5-3-2-4-6-9;;;/h2*2-17,19H,1H3;2-9,11-15H,1H3;5-6,8H,1-4H3;4,6-8H,1-3H3;2-5,7H,1H3;;;/q6*-2;3*+4. The van der Waals surface area contributed by atoms with Gasteiger partial charge in [0, 0.05) is 51.4 Å². The van der Waals surface area contributed by atoms with Crippen LogP contribution in [0.4, 0.5) is 39.8 Å². The summed E-state index contributed by atoms with van der Waals surface area (Å²) in [6.45, 7) is 23.0. The number of fused-ring (bicyclic) bond motifs is 5. The summed E-state index contributed by atoms with van der Waals surface area (Å²) in [5.41, 5.74) is 28.8. The van der Waals surface area contributed by atoms with Crippen molar-refractivity contribution in [2.45, 2.75) is 66.2 Å². The van der Waals surface area contributed by atoms with E-state index >= 15 is 0 Å². The Morgan fingerprint density at radius 2 is 0.843 bits per heavy atom. The number of furan rings is 1. The van der Waals surface area contributed by atoms with E-state index in [9.17, 15) is 0 Å². The molecule has 7 heterocycles. The summed E-state index contributed by atoms with van der Waals surface area (Å²) in [7, 11) is 6.15. The molecule has 0 aliphatic carbocycles. The third-order valence-corrected chi connectivity index (χ3v) is 21.2. The molecule has 4 aromatic heterocycles. The third-order valence-electron chi connectivity index (χ3n) is 21.2. The zero-order valence-electron chi connectivity index (χ0n) is 72.2. The molecule has 0 N–H and O–H groups in total. The molecular weight excluding hydrogens is 2110 g/mol. The molecule has 0 fully saturated rings. The molecule has 18 heteroatoms. The zero-order chi connectivity index (χ0) is 85.7. The van der Waals surface area contributed by atoms with E-state index < -0.39 is 0 Å². The van der Waals surface area contributed by atoms with Crippen LogP contribution in [0.2, 0.25) is 0 Å². The molecule has 127 heavy (non-hydrogen) atoms. The molecule has 14 aromatic carbocycles. The van der Waals surface area contributed by atoms with Crippen LogP contribution in [0.3, 0.4) is 0 Å². The van der Waals surface area contributed by atoms with Gasteiger partial charge in [0.1, 0.15) is 11.2 Å². The van der Waals surface area contributed by atoms with Gasteiger partial charge in [0.15, 0.2) is 0 Å². The van der Waals surface area contributed by atoms with Gasteiger partial charge in [0.2, 0.25) is 0 Å². The summed E-state index contributed by atoms with van der Waals surface area (Å²) in [5, 5.41) is 26.1. The molecule has 15 nitrogen and oxygen atoms in total. The fourth-order valence-electron chi connectivity index (χ4n) is 14.5. The molecular formula is C109H92N14OPt3. The SMILES string of the molecule is CC(C)(C)c1cc[c-]c(-c2ncn[n-]2)c1.CN1C=CN(c2[c-]cc(-c3ccc4c(c3)oc3ccccc34)cc2)[CH-]1.CN1[CH-]N(c2[c-]cc(-c3ccc(-c4ccccc4)cc3)cc2)c2ccccc21.CN1[CH-]N(c2[c-]cc(-c3ccc(-c4ccccc4)cc3)cc2)c2ccccc21.Cc1cc(-c2[c-]cccc2)[n-]n1.Cc1cc[c-]c(-c2nc(C(C)(C)C)n[n-]2)c1.[Pt+4].[Pt+4].[Pt+4]. The number of hydrogen-bond acceptors (Lipinski definition) is 12. The minimum Gasteiger partial charge on any atom is -0.619 e. The monoisotopic (exact) mass is 2200 g/mol. The van der Waals surface area contributed by atoms with Crippen molar-refractivity contribution in [3.05, 3.63) is 419 Å². The summed E-state index contributed by atoms with van der Waals surface area (Å²) in [6.07, 6.45) is 5.48. The number of benzene rings is 14. The minimum absolute atomic E-state index is 0. The number of aryl methyl sites for hydroxylation is 2. The largest absolute Gasteiger partial charge is 4.00 e. The van der Waals surface area contributed by atoms with Gasteiger partial charge in [-0.2, -0.15) is 91.3 Å². The number of aromatic nitrogens is 8. The van der Waals surface area contributed by atoms with Crippen molar-refractivity contribution in [2.75, 3.05) is 45.6 Å². The zero-order valence-corrected chi connectivity index (χ0v) is 79.0. The Kier molecular flexibility index (Phi) is 30.2. The van der Waals surface area contributed by atoms with E-state index in [1.165, 1.54) is 84.7 Å². The Balaban J connectivity index is 0.000000133. The second-order valence-corrected chi connectivity index (χ2v) is 32.4. The summed E-state index contributed by atoms with van der Waals surface area (Å²) in [4.78, 5) is 21.2. The average molecular weight is 2200 g/mol. The van der Waals surface area contributed by atoms with Crippen LogP contribution in [-0.2, 0) is 74.0 Å². The average Bonchev–Trinajstić information content (AvgIpc) is 1.66. The van der Waals surface area contributed by atoms with Gasteiger partial charge in [-0.15, -0.1) is 154 Å². The fraction of sp³-hybridized carbons (Fsp3) is 0.119. The molecule has 0 saturated carbocycles. The van der Waals surface area contributed by atoms with Crippen molar-refractivity contribution >= 4 is 61.8 Å². The molecule has 0 radical (unpaired) electrons. The maximum atomic E-state index is 5.99. The summed E-state index contributed by atoms with van der Waals surface area (Å²) in [5.74, 6) is 2.08. The smallest absolute Gasteiger partial charge is 0.619 e. The topological polar surface area (TPSA) is 139 Å². The Bertz CT molecular complexity index is 6390.